The summed E-state index contributed by atoms with van der Waals surface area (Å²) in [6, 6.07) is 19.7. The zero-order chi connectivity index (χ0) is 19.6. The van der Waals surface area contributed by atoms with Crippen molar-refractivity contribution in [1.29, 1.82) is 0 Å². The van der Waals surface area contributed by atoms with Crippen LogP contribution < -0.4 is 4.74 Å². The Labute approximate surface area is 160 Å². The van der Waals surface area contributed by atoms with Gasteiger partial charge in [-0.05, 0) is 53.8 Å². The molecule has 0 amide bonds. The van der Waals surface area contributed by atoms with Gasteiger partial charge < -0.3 is 4.74 Å². The molecule has 1 atom stereocenters. The van der Waals surface area contributed by atoms with Crippen LogP contribution >= 0.6 is 0 Å². The number of nitrogens with zero attached hydrogens (tertiary/aromatic N) is 2. The van der Waals surface area contributed by atoms with Gasteiger partial charge in [-0.2, -0.15) is 0 Å². The molecule has 2 aromatic carbocycles. The van der Waals surface area contributed by atoms with Gasteiger partial charge in [0, 0.05) is 6.20 Å². The summed E-state index contributed by atoms with van der Waals surface area (Å²) in [6.45, 7) is 0. The molecule has 1 aliphatic heterocycles. The minimum atomic E-state index is -4.68. The lowest BCUT2D eigenvalue weighted by atomic mass is 9.99. The fourth-order valence-electron chi connectivity index (χ4n) is 3.31. The number of aromatic nitrogens is 1. The van der Waals surface area contributed by atoms with Gasteiger partial charge >= 0.3 is 6.36 Å². The first-order valence-electron chi connectivity index (χ1n) is 8.92. The Morgan fingerprint density at radius 3 is 2.14 bits per heavy atom. The maximum Gasteiger partial charge on any atom is 0.573 e. The Balaban J connectivity index is 1.48. The molecule has 1 aliphatic rings. The third-order valence-electron chi connectivity index (χ3n) is 4.64. The number of benzene rings is 2. The Bertz CT molecular complexity index is 965. The fourth-order valence-corrected chi connectivity index (χ4v) is 3.31. The monoisotopic (exact) mass is 382 g/mol. The minimum Gasteiger partial charge on any atom is -0.406 e. The first kappa shape index (κ1) is 18.2. The highest BCUT2D eigenvalue weighted by Crippen LogP contribution is 2.32. The second-order valence-corrected chi connectivity index (χ2v) is 6.54. The predicted molar refractivity (Wildman–Crippen MR) is 101 cm³/mol. The molecule has 0 aliphatic carbocycles. The van der Waals surface area contributed by atoms with Crippen molar-refractivity contribution in [2.24, 2.45) is 4.99 Å². The van der Waals surface area contributed by atoms with E-state index in [1.807, 2.05) is 42.5 Å². The maximum atomic E-state index is 12.3. The van der Waals surface area contributed by atoms with Gasteiger partial charge in [0.2, 0.25) is 0 Å². The van der Waals surface area contributed by atoms with Gasteiger partial charge in [-0.15, -0.1) is 13.2 Å². The number of aliphatic imine (C=N–C) groups is 1. The highest BCUT2D eigenvalue weighted by atomic mass is 19.4. The van der Waals surface area contributed by atoms with Crippen molar-refractivity contribution in [2.75, 3.05) is 0 Å². The van der Waals surface area contributed by atoms with E-state index >= 15 is 0 Å². The van der Waals surface area contributed by atoms with Gasteiger partial charge in [-0.1, -0.05) is 42.5 Å². The Kier molecular flexibility index (Phi) is 4.86. The van der Waals surface area contributed by atoms with Gasteiger partial charge in [0.15, 0.2) is 0 Å². The van der Waals surface area contributed by atoms with Crippen LogP contribution in [0.15, 0.2) is 77.9 Å². The van der Waals surface area contributed by atoms with E-state index in [0.29, 0.717) is 0 Å². The van der Waals surface area contributed by atoms with E-state index in [-0.39, 0.29) is 11.8 Å². The van der Waals surface area contributed by atoms with Crippen LogP contribution in [-0.2, 0) is 0 Å². The largest absolute Gasteiger partial charge is 0.573 e. The quantitative estimate of drug-likeness (QED) is 0.557. The molecular formula is C22H17F3N2O. The van der Waals surface area contributed by atoms with E-state index < -0.39 is 6.36 Å². The number of alkyl halides is 3. The van der Waals surface area contributed by atoms with Crippen molar-refractivity contribution in [1.82, 2.24) is 4.98 Å². The molecule has 1 unspecified atom stereocenters. The number of rotatable bonds is 4. The molecule has 0 saturated heterocycles. The van der Waals surface area contributed by atoms with E-state index in [2.05, 4.69) is 9.72 Å². The van der Waals surface area contributed by atoms with E-state index in [1.165, 1.54) is 12.1 Å². The summed E-state index contributed by atoms with van der Waals surface area (Å²) in [7, 11) is 0. The summed E-state index contributed by atoms with van der Waals surface area (Å²) >= 11 is 0. The Morgan fingerprint density at radius 1 is 0.857 bits per heavy atom. The Hall–Kier alpha value is -3.15. The molecule has 6 heteroatoms. The second kappa shape index (κ2) is 7.46. The molecular weight excluding hydrogens is 365 g/mol. The molecule has 0 fully saturated rings. The van der Waals surface area contributed by atoms with Crippen molar-refractivity contribution < 1.29 is 17.9 Å². The molecule has 2 heterocycles. The summed E-state index contributed by atoms with van der Waals surface area (Å²) in [6.07, 6.45) is -1.08. The second-order valence-electron chi connectivity index (χ2n) is 6.54. The smallest absolute Gasteiger partial charge is 0.406 e. The standard InChI is InChI=1S/C22H17F3N2O/c23-22(24,25)28-18-10-8-16(9-11-18)15-4-6-17(7-5-15)19-12-13-21(27-19)20-3-1-2-14-26-20/h1-11,14,19H,12-13H2. The highest BCUT2D eigenvalue weighted by molar-refractivity contribution is 6.00. The first-order chi connectivity index (χ1) is 13.5. The van der Waals surface area contributed by atoms with Crippen LogP contribution in [0.2, 0.25) is 0 Å². The van der Waals surface area contributed by atoms with E-state index in [1.54, 1.807) is 18.3 Å². The normalized spacial score (nSPS) is 16.7. The predicted octanol–water partition coefficient (Wildman–Crippen LogP) is 5.97. The average Bonchev–Trinajstić information content (AvgIpc) is 3.19. The number of pyridine rings is 1. The molecule has 0 N–H and O–H groups in total. The lowest BCUT2D eigenvalue weighted by molar-refractivity contribution is -0.274. The number of hydrogen-bond donors (Lipinski definition) is 0. The number of hydrogen-bond acceptors (Lipinski definition) is 3. The molecule has 142 valence electrons. The lowest BCUT2D eigenvalue weighted by Crippen LogP contribution is -2.16. The molecule has 0 saturated carbocycles. The molecule has 0 radical (unpaired) electrons. The zero-order valence-electron chi connectivity index (χ0n) is 14.9. The third-order valence-corrected chi connectivity index (χ3v) is 4.64. The van der Waals surface area contributed by atoms with E-state index in [9.17, 15) is 13.2 Å². The van der Waals surface area contributed by atoms with Gasteiger partial charge in [-0.3, -0.25) is 9.98 Å². The first-order valence-corrected chi connectivity index (χ1v) is 8.92. The molecule has 4 rings (SSSR count). The van der Waals surface area contributed by atoms with Crippen LogP contribution in [-0.4, -0.2) is 17.1 Å². The summed E-state index contributed by atoms with van der Waals surface area (Å²) in [5.74, 6) is -0.227. The van der Waals surface area contributed by atoms with Crippen LogP contribution in [0.5, 0.6) is 5.75 Å². The third kappa shape index (κ3) is 4.22. The van der Waals surface area contributed by atoms with Crippen LogP contribution in [0, 0.1) is 0 Å². The topological polar surface area (TPSA) is 34.5 Å². The Morgan fingerprint density at radius 2 is 1.54 bits per heavy atom. The number of ether oxygens (including phenoxy) is 1. The molecule has 0 bridgehead atoms. The highest BCUT2D eigenvalue weighted by Gasteiger charge is 2.31. The van der Waals surface area contributed by atoms with E-state index in [4.69, 9.17) is 4.99 Å². The van der Waals surface area contributed by atoms with Gasteiger partial charge in [0.05, 0.1) is 17.4 Å². The van der Waals surface area contributed by atoms with Crippen LogP contribution in [0.4, 0.5) is 13.2 Å². The fraction of sp³-hybridized carbons (Fsp3) is 0.182. The van der Waals surface area contributed by atoms with Crippen molar-refractivity contribution in [3.05, 3.63) is 84.2 Å². The van der Waals surface area contributed by atoms with Crippen molar-refractivity contribution >= 4 is 5.71 Å². The summed E-state index contributed by atoms with van der Waals surface area (Å²) in [5.41, 5.74) is 4.81. The van der Waals surface area contributed by atoms with Crippen molar-refractivity contribution in [2.45, 2.75) is 25.2 Å². The molecule has 3 aromatic rings. The molecule has 1 aromatic heterocycles. The zero-order valence-corrected chi connectivity index (χ0v) is 14.9. The number of halogens is 3. The summed E-state index contributed by atoms with van der Waals surface area (Å²) < 4.78 is 40.7. The van der Waals surface area contributed by atoms with Crippen molar-refractivity contribution in [3.8, 4) is 16.9 Å². The lowest BCUT2D eigenvalue weighted by Gasteiger charge is -2.10. The maximum absolute atomic E-state index is 12.3. The van der Waals surface area contributed by atoms with Gasteiger partial charge in [-0.25, -0.2) is 0 Å². The van der Waals surface area contributed by atoms with E-state index in [0.717, 1.165) is 40.9 Å². The van der Waals surface area contributed by atoms with Crippen LogP contribution in [0.1, 0.15) is 30.1 Å². The molecule has 28 heavy (non-hydrogen) atoms. The van der Waals surface area contributed by atoms with Crippen LogP contribution in [0.25, 0.3) is 11.1 Å². The molecule has 3 nitrogen and oxygen atoms in total. The summed E-state index contributed by atoms with van der Waals surface area (Å²) in [4.78, 5) is 9.17. The van der Waals surface area contributed by atoms with Gasteiger partial charge in [0.25, 0.3) is 0 Å². The van der Waals surface area contributed by atoms with Crippen LogP contribution in [0.3, 0.4) is 0 Å². The summed E-state index contributed by atoms with van der Waals surface area (Å²) in [5, 5.41) is 0. The molecule has 0 spiro atoms. The van der Waals surface area contributed by atoms with Crippen molar-refractivity contribution in [3.63, 3.8) is 0 Å². The minimum absolute atomic E-state index is 0.105. The average molecular weight is 382 g/mol. The SMILES string of the molecule is FC(F)(F)Oc1ccc(-c2ccc(C3CCC(c4ccccn4)=N3)cc2)cc1. The van der Waals surface area contributed by atoms with Gasteiger partial charge in [0.1, 0.15) is 5.75 Å².